The van der Waals surface area contributed by atoms with E-state index in [4.69, 9.17) is 10.1 Å². The number of hydrogen-bond donors (Lipinski definition) is 0. The fourth-order valence-electron chi connectivity index (χ4n) is 8.92. The van der Waals surface area contributed by atoms with Gasteiger partial charge in [0.05, 0.1) is 27.9 Å². The summed E-state index contributed by atoms with van der Waals surface area (Å²) in [5.41, 5.74) is 12.8. The predicted molar refractivity (Wildman–Crippen MR) is 246 cm³/mol. The predicted octanol–water partition coefficient (Wildman–Crippen LogP) is 14.2. The minimum Gasteiger partial charge on any atom is -0.254 e. The van der Waals surface area contributed by atoms with E-state index in [1.165, 1.54) is 43.6 Å². The normalized spacial score (nSPS) is 11.7. The molecule has 4 nitrogen and oxygen atoms in total. The second-order valence-electron chi connectivity index (χ2n) is 15.3. The quantitative estimate of drug-likeness (QED) is 0.165. The summed E-state index contributed by atoms with van der Waals surface area (Å²) in [6, 6.07) is 71.6. The van der Waals surface area contributed by atoms with E-state index in [-0.39, 0.29) is 0 Å². The molecule has 3 aromatic heterocycles. The zero-order valence-corrected chi connectivity index (χ0v) is 31.9. The van der Waals surface area contributed by atoms with Gasteiger partial charge in [-0.25, -0.2) is 9.67 Å². The summed E-state index contributed by atoms with van der Waals surface area (Å²) in [5, 5.41) is 15.9. The molecule has 0 saturated heterocycles. The van der Waals surface area contributed by atoms with Crippen molar-refractivity contribution in [2.45, 2.75) is 0 Å². The monoisotopic (exact) mass is 750 g/mol. The van der Waals surface area contributed by atoms with Crippen molar-refractivity contribution in [1.82, 2.24) is 19.7 Å². The molecular weight excluding hydrogens is 717 g/mol. The second kappa shape index (κ2) is 13.3. The van der Waals surface area contributed by atoms with Gasteiger partial charge in [-0.05, 0) is 97.7 Å². The summed E-state index contributed by atoms with van der Waals surface area (Å²) in [6.07, 6.45) is 1.84. The van der Waals surface area contributed by atoms with Crippen LogP contribution < -0.4 is 0 Å². The van der Waals surface area contributed by atoms with Crippen LogP contribution in [0.1, 0.15) is 0 Å². The first-order valence-corrected chi connectivity index (χ1v) is 20.0. The fraction of sp³-hybridized carbons (Fsp3) is 0. The molecule has 0 aliphatic carbocycles. The van der Waals surface area contributed by atoms with Gasteiger partial charge in [0.15, 0.2) is 0 Å². The number of pyridine rings is 2. The Hall–Kier alpha value is -7.95. The minimum absolute atomic E-state index is 0.930. The van der Waals surface area contributed by atoms with Crippen LogP contribution in [-0.2, 0) is 0 Å². The van der Waals surface area contributed by atoms with Gasteiger partial charge in [-0.2, -0.15) is 5.10 Å². The van der Waals surface area contributed by atoms with Crippen molar-refractivity contribution in [3.8, 4) is 50.5 Å². The van der Waals surface area contributed by atoms with Crippen LogP contribution in [0.25, 0.3) is 115 Å². The smallest absolute Gasteiger partial charge is 0.101 e. The molecule has 0 N–H and O–H groups in total. The van der Waals surface area contributed by atoms with Crippen molar-refractivity contribution in [3.05, 3.63) is 206 Å². The number of benzene rings is 9. The molecule has 0 fully saturated rings. The van der Waals surface area contributed by atoms with E-state index in [9.17, 15) is 0 Å². The second-order valence-corrected chi connectivity index (χ2v) is 15.3. The maximum atomic E-state index is 5.36. The molecule has 3 heterocycles. The highest BCUT2D eigenvalue weighted by Gasteiger charge is 2.21. The molecule has 0 saturated carbocycles. The van der Waals surface area contributed by atoms with Crippen molar-refractivity contribution in [2.24, 2.45) is 0 Å². The molecular formula is C55H34N4. The molecule has 0 aliphatic heterocycles. The summed E-state index contributed by atoms with van der Waals surface area (Å²) in [4.78, 5) is 9.78. The Morgan fingerprint density at radius 3 is 1.68 bits per heavy atom. The van der Waals surface area contributed by atoms with Gasteiger partial charge in [-0.3, -0.25) is 4.98 Å². The van der Waals surface area contributed by atoms with Crippen LogP contribution in [0, 0.1) is 0 Å². The first kappa shape index (κ1) is 33.2. The minimum atomic E-state index is 0.930. The van der Waals surface area contributed by atoms with Crippen molar-refractivity contribution in [1.29, 1.82) is 0 Å². The maximum Gasteiger partial charge on any atom is 0.101 e. The molecule has 59 heavy (non-hydrogen) atoms. The Morgan fingerprint density at radius 2 is 0.949 bits per heavy atom. The molecule has 9 aromatic carbocycles. The third kappa shape index (κ3) is 5.49. The lowest BCUT2D eigenvalue weighted by atomic mass is 9.91. The Bertz CT molecular complexity index is 3590. The Balaban J connectivity index is 0.988. The molecule has 0 amide bonds. The molecule has 0 bridgehead atoms. The number of para-hydroxylation sites is 1. The van der Waals surface area contributed by atoms with E-state index in [1.807, 2.05) is 12.3 Å². The molecule has 0 aliphatic rings. The average Bonchev–Trinajstić information content (AvgIpc) is 3.72. The Labute approximate surface area is 340 Å². The highest BCUT2D eigenvalue weighted by atomic mass is 15.3. The number of nitrogens with zero attached hydrogens (tertiary/aromatic N) is 4. The number of aromatic nitrogens is 4. The Kier molecular flexibility index (Phi) is 7.50. The third-order valence-corrected chi connectivity index (χ3v) is 11.8. The zero-order chi connectivity index (χ0) is 38.9. The molecule has 0 spiro atoms. The van der Waals surface area contributed by atoms with Crippen molar-refractivity contribution in [3.63, 3.8) is 0 Å². The lowest BCUT2D eigenvalue weighted by molar-refractivity contribution is 0.918. The largest absolute Gasteiger partial charge is 0.254 e. The summed E-state index contributed by atoms with van der Waals surface area (Å²) in [6.45, 7) is 0. The lowest BCUT2D eigenvalue weighted by Crippen LogP contribution is -1.97. The van der Waals surface area contributed by atoms with Crippen molar-refractivity contribution in [2.75, 3.05) is 0 Å². The first-order valence-electron chi connectivity index (χ1n) is 20.0. The van der Waals surface area contributed by atoms with Crippen LogP contribution in [0.4, 0.5) is 0 Å². The van der Waals surface area contributed by atoms with Crippen molar-refractivity contribution >= 4 is 65.0 Å². The van der Waals surface area contributed by atoms with Crippen LogP contribution >= 0.6 is 0 Å². The number of rotatable bonds is 5. The summed E-state index contributed by atoms with van der Waals surface area (Å²) >= 11 is 0. The summed E-state index contributed by atoms with van der Waals surface area (Å²) < 4.78 is 2.13. The van der Waals surface area contributed by atoms with E-state index in [2.05, 4.69) is 204 Å². The molecule has 4 heteroatoms. The van der Waals surface area contributed by atoms with Gasteiger partial charge in [0.1, 0.15) is 5.69 Å². The molecule has 0 unspecified atom stereocenters. The van der Waals surface area contributed by atoms with E-state index in [0.29, 0.717) is 0 Å². The van der Waals surface area contributed by atoms with Crippen LogP contribution in [0.5, 0.6) is 0 Å². The fourth-order valence-corrected chi connectivity index (χ4v) is 8.92. The maximum absolute atomic E-state index is 5.36. The topological polar surface area (TPSA) is 43.6 Å². The Morgan fingerprint density at radius 1 is 0.373 bits per heavy atom. The van der Waals surface area contributed by atoms with Crippen LogP contribution in [0.15, 0.2) is 206 Å². The van der Waals surface area contributed by atoms with E-state index < -0.39 is 0 Å². The van der Waals surface area contributed by atoms with Gasteiger partial charge in [0, 0.05) is 38.9 Å². The summed E-state index contributed by atoms with van der Waals surface area (Å²) in [7, 11) is 0. The van der Waals surface area contributed by atoms with Gasteiger partial charge < -0.3 is 0 Å². The summed E-state index contributed by atoms with van der Waals surface area (Å²) in [5.74, 6) is 0. The van der Waals surface area contributed by atoms with E-state index >= 15 is 0 Å². The van der Waals surface area contributed by atoms with Gasteiger partial charge in [0.25, 0.3) is 0 Å². The van der Waals surface area contributed by atoms with E-state index in [1.54, 1.807) is 0 Å². The number of hydrogen-bond acceptors (Lipinski definition) is 3. The molecule has 274 valence electrons. The van der Waals surface area contributed by atoms with Gasteiger partial charge >= 0.3 is 0 Å². The van der Waals surface area contributed by atoms with Gasteiger partial charge in [-0.1, -0.05) is 152 Å². The standard InChI is InChI=1S/C55H34N4/c1-4-11-35(12-5-1)49-34-44-32-40(23-28-48(44)55-51(49)52(36-13-6-2-7-14-36)58-59(55)45-16-8-3-9-17-45)39-22-26-46-41(31-39)20-21-42-33-43(24-27-47(42)46)50-29-25-38-19-18-37-15-10-30-56-53(37)54(38)57-50/h1-34H. The van der Waals surface area contributed by atoms with Crippen molar-refractivity contribution < 1.29 is 0 Å². The highest BCUT2D eigenvalue weighted by Crippen LogP contribution is 2.43. The van der Waals surface area contributed by atoms with E-state index in [0.717, 1.165) is 71.9 Å². The first-order chi connectivity index (χ1) is 29.2. The third-order valence-electron chi connectivity index (χ3n) is 11.8. The molecule has 12 aromatic rings. The van der Waals surface area contributed by atoms with Crippen LogP contribution in [0.2, 0.25) is 0 Å². The molecule has 12 rings (SSSR count). The van der Waals surface area contributed by atoms with Gasteiger partial charge in [-0.15, -0.1) is 0 Å². The lowest BCUT2D eigenvalue weighted by Gasteiger charge is -2.13. The van der Waals surface area contributed by atoms with Gasteiger partial charge in [0.2, 0.25) is 0 Å². The highest BCUT2D eigenvalue weighted by molar-refractivity contribution is 6.18. The molecule has 0 radical (unpaired) electrons. The number of fused-ring (bicyclic) bond motifs is 9. The average molecular weight is 751 g/mol. The SMILES string of the molecule is c1ccc(-c2cc3cc(-c4ccc5c(ccc6cc(-c7ccc8ccc9cccnc9c8n7)ccc65)c4)ccc3c3c2c(-c2ccccc2)nn3-c2ccccc2)cc1. The van der Waals surface area contributed by atoms with Crippen LogP contribution in [0.3, 0.4) is 0 Å². The van der Waals surface area contributed by atoms with Crippen LogP contribution in [-0.4, -0.2) is 19.7 Å². The zero-order valence-electron chi connectivity index (χ0n) is 31.9. The molecule has 0 atom stereocenters.